The summed E-state index contributed by atoms with van der Waals surface area (Å²) in [6.07, 6.45) is 0. The molecule has 0 aliphatic carbocycles. The summed E-state index contributed by atoms with van der Waals surface area (Å²) in [5.74, 6) is -6.64. The maximum atomic E-state index is 10.8. The number of nitrogens with one attached hydrogen (secondary N) is 1. The zero-order valence-electron chi connectivity index (χ0n) is 15.7. The molecule has 1 heterocycles. The fourth-order valence-electron chi connectivity index (χ4n) is 2.87. The van der Waals surface area contributed by atoms with Crippen molar-refractivity contribution < 1.29 is 39.6 Å². The van der Waals surface area contributed by atoms with Gasteiger partial charge in [0.15, 0.2) is 0 Å². The van der Waals surface area contributed by atoms with Crippen molar-refractivity contribution >= 4 is 29.6 Å². The highest BCUT2D eigenvalue weighted by Gasteiger charge is 2.25. The largest absolute Gasteiger partial charge is 0.478 e. The molecule has 0 bridgehead atoms. The third-order valence-corrected chi connectivity index (χ3v) is 4.32. The summed E-state index contributed by atoms with van der Waals surface area (Å²) in [5.41, 5.74) is -1.80. The Labute approximate surface area is 171 Å². The molecule has 10 heteroatoms. The number of hydrogen-bond donors (Lipinski definition) is 5. The van der Waals surface area contributed by atoms with Gasteiger partial charge in [0.1, 0.15) is 0 Å². The molecule has 1 aliphatic heterocycles. The van der Waals surface area contributed by atoms with Crippen molar-refractivity contribution in [2.75, 3.05) is 31.1 Å². The van der Waals surface area contributed by atoms with Gasteiger partial charge in [0.05, 0.1) is 22.3 Å². The lowest BCUT2D eigenvalue weighted by Gasteiger charge is -2.29. The quantitative estimate of drug-likeness (QED) is 0.483. The monoisotopic (exact) mass is 416 g/mol. The van der Waals surface area contributed by atoms with Crippen molar-refractivity contribution in [3.05, 3.63) is 64.7 Å². The molecular weight excluding hydrogens is 396 g/mol. The van der Waals surface area contributed by atoms with Crippen molar-refractivity contribution in [3.63, 3.8) is 0 Å². The molecule has 1 aliphatic rings. The fraction of sp³-hybridized carbons (Fsp3) is 0.200. The molecular formula is C20H20N2O8. The minimum atomic E-state index is -1.66. The molecule has 0 radical (unpaired) electrons. The van der Waals surface area contributed by atoms with Crippen LogP contribution in [-0.2, 0) is 0 Å². The van der Waals surface area contributed by atoms with Crippen LogP contribution in [0.25, 0.3) is 0 Å². The van der Waals surface area contributed by atoms with Crippen LogP contribution >= 0.6 is 0 Å². The summed E-state index contributed by atoms with van der Waals surface area (Å²) in [7, 11) is 0. The van der Waals surface area contributed by atoms with Crippen LogP contribution in [0.3, 0.4) is 0 Å². The highest BCUT2D eigenvalue weighted by Crippen LogP contribution is 2.18. The average Bonchev–Trinajstić information content (AvgIpc) is 2.74. The number of carboxylic acids is 4. The number of nitrogens with zero attached hydrogens (tertiary/aromatic N) is 1. The minimum Gasteiger partial charge on any atom is -0.478 e. The van der Waals surface area contributed by atoms with Crippen LogP contribution in [0.5, 0.6) is 0 Å². The molecule has 10 nitrogen and oxygen atoms in total. The van der Waals surface area contributed by atoms with Gasteiger partial charge in [-0.15, -0.1) is 0 Å². The number of para-hydroxylation sites is 1. The van der Waals surface area contributed by atoms with Crippen LogP contribution in [0, 0.1) is 0 Å². The van der Waals surface area contributed by atoms with Gasteiger partial charge >= 0.3 is 23.9 Å². The molecule has 1 saturated heterocycles. The summed E-state index contributed by atoms with van der Waals surface area (Å²) in [4.78, 5) is 45.5. The van der Waals surface area contributed by atoms with Gasteiger partial charge in [0.25, 0.3) is 0 Å². The van der Waals surface area contributed by atoms with E-state index in [1.165, 1.54) is 5.69 Å². The van der Waals surface area contributed by atoms with E-state index in [9.17, 15) is 19.2 Å². The van der Waals surface area contributed by atoms with Gasteiger partial charge < -0.3 is 30.6 Å². The Bertz CT molecular complexity index is 855. The van der Waals surface area contributed by atoms with Gasteiger partial charge in [0, 0.05) is 31.9 Å². The summed E-state index contributed by atoms with van der Waals surface area (Å²) < 4.78 is 0. The normalized spacial score (nSPS) is 13.0. The average molecular weight is 416 g/mol. The van der Waals surface area contributed by atoms with E-state index in [1.54, 1.807) is 0 Å². The maximum absolute atomic E-state index is 10.8. The van der Waals surface area contributed by atoms with E-state index in [0.717, 1.165) is 26.2 Å². The lowest BCUT2D eigenvalue weighted by Crippen LogP contribution is -2.43. The van der Waals surface area contributed by atoms with Crippen molar-refractivity contribution in [3.8, 4) is 0 Å². The number of rotatable bonds is 5. The molecule has 0 amide bonds. The smallest absolute Gasteiger partial charge is 0.336 e. The zero-order chi connectivity index (χ0) is 22.3. The summed E-state index contributed by atoms with van der Waals surface area (Å²) in [5, 5.41) is 38.3. The van der Waals surface area contributed by atoms with Gasteiger partial charge in [0.2, 0.25) is 0 Å². The number of anilines is 1. The van der Waals surface area contributed by atoms with Gasteiger partial charge in [-0.25, -0.2) is 19.2 Å². The topological polar surface area (TPSA) is 164 Å². The Hall–Kier alpha value is -3.92. The van der Waals surface area contributed by atoms with E-state index in [-0.39, 0.29) is 0 Å². The molecule has 0 unspecified atom stereocenters. The second kappa shape index (κ2) is 10.0. The highest BCUT2D eigenvalue weighted by atomic mass is 16.4. The lowest BCUT2D eigenvalue weighted by atomic mass is 9.98. The second-order valence-electron chi connectivity index (χ2n) is 6.24. The number of carboxylic acid groups (broad SMARTS) is 4. The van der Waals surface area contributed by atoms with E-state index < -0.39 is 46.1 Å². The lowest BCUT2D eigenvalue weighted by molar-refractivity contribution is 0.0637. The zero-order valence-corrected chi connectivity index (χ0v) is 15.7. The summed E-state index contributed by atoms with van der Waals surface area (Å²) >= 11 is 0. The molecule has 0 saturated carbocycles. The molecule has 0 spiro atoms. The van der Waals surface area contributed by atoms with Crippen molar-refractivity contribution in [2.45, 2.75) is 0 Å². The maximum Gasteiger partial charge on any atom is 0.336 e. The van der Waals surface area contributed by atoms with E-state index in [2.05, 4.69) is 40.5 Å². The van der Waals surface area contributed by atoms with Gasteiger partial charge in [-0.3, -0.25) is 0 Å². The van der Waals surface area contributed by atoms with Gasteiger partial charge in [-0.05, 0) is 24.3 Å². The number of aromatic carboxylic acids is 4. The van der Waals surface area contributed by atoms with E-state index in [4.69, 9.17) is 20.4 Å². The summed E-state index contributed by atoms with van der Waals surface area (Å²) in [6, 6.07) is 11.6. The third-order valence-electron chi connectivity index (χ3n) is 4.32. The third kappa shape index (κ3) is 5.55. The molecule has 0 aromatic heterocycles. The van der Waals surface area contributed by atoms with Gasteiger partial charge in [-0.2, -0.15) is 0 Å². The number of piperazine rings is 1. The van der Waals surface area contributed by atoms with Gasteiger partial charge in [-0.1, -0.05) is 18.2 Å². The number of hydrogen-bond acceptors (Lipinski definition) is 6. The Morgan fingerprint density at radius 3 is 1.37 bits per heavy atom. The molecule has 3 rings (SSSR count). The molecule has 1 fully saturated rings. The predicted molar refractivity (Wildman–Crippen MR) is 106 cm³/mol. The van der Waals surface area contributed by atoms with Crippen molar-refractivity contribution in [1.82, 2.24) is 5.32 Å². The van der Waals surface area contributed by atoms with Crippen LogP contribution in [0.4, 0.5) is 5.69 Å². The Balaban J connectivity index is 0.000000230. The Morgan fingerprint density at radius 2 is 1.03 bits per heavy atom. The van der Waals surface area contributed by atoms with Crippen molar-refractivity contribution in [2.24, 2.45) is 0 Å². The number of carbonyl (C=O) groups is 4. The first-order valence-electron chi connectivity index (χ1n) is 8.84. The molecule has 158 valence electrons. The Morgan fingerprint density at radius 1 is 0.667 bits per heavy atom. The first-order chi connectivity index (χ1) is 14.2. The van der Waals surface area contributed by atoms with Crippen LogP contribution in [0.1, 0.15) is 41.4 Å². The number of benzene rings is 2. The first-order valence-corrected chi connectivity index (χ1v) is 8.84. The molecule has 2 aromatic carbocycles. The molecule has 5 N–H and O–H groups in total. The predicted octanol–water partition coefficient (Wildman–Crippen LogP) is 1.58. The summed E-state index contributed by atoms with van der Waals surface area (Å²) in [6.45, 7) is 4.47. The SMILES string of the molecule is O=C(O)c1cc(C(=O)O)c(C(=O)O)cc1C(=O)O.c1ccc(N2CCNCC2)cc1. The van der Waals surface area contributed by atoms with E-state index >= 15 is 0 Å². The van der Waals surface area contributed by atoms with E-state index in [1.807, 2.05) is 0 Å². The van der Waals surface area contributed by atoms with Crippen LogP contribution in [0.2, 0.25) is 0 Å². The van der Waals surface area contributed by atoms with Crippen LogP contribution < -0.4 is 10.2 Å². The Kier molecular flexibility index (Phi) is 7.48. The second-order valence-corrected chi connectivity index (χ2v) is 6.24. The first kappa shape index (κ1) is 22.4. The standard InChI is InChI=1S/C10H14N2.C10H6O8/c1-2-4-10(5-3-1)12-8-6-11-7-9-12;11-7(12)3-1-4(8(13)14)6(10(17)18)2-5(3)9(15)16/h1-5,11H,6-9H2;1-2H,(H,11,12)(H,13,14)(H,15,16)(H,17,18). The highest BCUT2D eigenvalue weighted by molar-refractivity contribution is 6.09. The fourth-order valence-corrected chi connectivity index (χ4v) is 2.87. The molecule has 30 heavy (non-hydrogen) atoms. The minimum absolute atomic E-state index is 0.511. The van der Waals surface area contributed by atoms with Crippen molar-refractivity contribution in [1.29, 1.82) is 0 Å². The molecule has 0 atom stereocenters. The molecule has 2 aromatic rings. The van der Waals surface area contributed by atoms with Crippen LogP contribution in [0.15, 0.2) is 42.5 Å². The van der Waals surface area contributed by atoms with E-state index in [0.29, 0.717) is 12.1 Å². The van der Waals surface area contributed by atoms with Crippen LogP contribution in [-0.4, -0.2) is 70.5 Å².